The second kappa shape index (κ2) is 3.18. The number of aromatic nitrogens is 2. The fourth-order valence-electron chi connectivity index (χ4n) is 1.58. The van der Waals surface area contributed by atoms with Gasteiger partial charge in [0.1, 0.15) is 5.82 Å². The fraction of sp³-hybridized carbons (Fsp3) is 0.182. The highest BCUT2D eigenvalue weighted by Crippen LogP contribution is 2.26. The van der Waals surface area contributed by atoms with E-state index in [9.17, 15) is 0 Å². The van der Waals surface area contributed by atoms with Gasteiger partial charge in [0.05, 0.1) is 5.69 Å². The molecular weight excluding hydrogens is 174 g/mol. The van der Waals surface area contributed by atoms with Crippen LogP contribution in [0.1, 0.15) is 11.5 Å². The lowest BCUT2D eigenvalue weighted by Crippen LogP contribution is -1.90. The minimum absolute atomic E-state index is 0.766. The third-order valence-electron chi connectivity index (χ3n) is 2.22. The molecule has 0 spiro atoms. The van der Waals surface area contributed by atoms with Crippen molar-refractivity contribution in [2.75, 3.05) is 5.73 Å². The molecule has 3 heteroatoms. The van der Waals surface area contributed by atoms with Crippen LogP contribution in [-0.4, -0.2) is 9.97 Å². The molecule has 0 saturated heterocycles. The Morgan fingerprint density at radius 1 is 1.21 bits per heavy atom. The van der Waals surface area contributed by atoms with E-state index in [-0.39, 0.29) is 0 Å². The maximum Gasteiger partial charge on any atom is 0.103 e. The molecular formula is C11H13N3. The topological polar surface area (TPSA) is 54.7 Å². The number of nitrogens with two attached hydrogens (primary N) is 1. The fourth-order valence-corrected chi connectivity index (χ4v) is 1.58. The zero-order valence-corrected chi connectivity index (χ0v) is 8.33. The Labute approximate surface area is 83.0 Å². The van der Waals surface area contributed by atoms with Crippen molar-refractivity contribution in [3.8, 4) is 11.3 Å². The minimum atomic E-state index is 0.766. The highest BCUT2D eigenvalue weighted by atomic mass is 14.9. The number of benzene rings is 1. The lowest BCUT2D eigenvalue weighted by Gasteiger charge is -2.02. The average Bonchev–Trinajstić information content (AvgIpc) is 2.46. The molecule has 2 rings (SSSR count). The smallest absolute Gasteiger partial charge is 0.103 e. The highest BCUT2D eigenvalue weighted by Gasteiger charge is 2.08. The first-order chi connectivity index (χ1) is 6.68. The van der Waals surface area contributed by atoms with Crippen molar-refractivity contribution in [3.05, 3.63) is 35.8 Å². The number of nitrogen functional groups attached to an aromatic ring is 1. The molecule has 0 fully saturated rings. The van der Waals surface area contributed by atoms with Gasteiger partial charge in [0.15, 0.2) is 0 Å². The predicted molar refractivity (Wildman–Crippen MR) is 57.9 cm³/mol. The van der Waals surface area contributed by atoms with E-state index in [1.165, 1.54) is 0 Å². The van der Waals surface area contributed by atoms with Crippen LogP contribution in [0.2, 0.25) is 0 Å². The Balaban J connectivity index is 2.60. The molecule has 72 valence electrons. The van der Waals surface area contributed by atoms with E-state index in [4.69, 9.17) is 5.73 Å². The number of aromatic amines is 1. The number of hydrogen-bond donors (Lipinski definition) is 2. The van der Waals surface area contributed by atoms with Crippen molar-refractivity contribution < 1.29 is 0 Å². The Morgan fingerprint density at radius 2 is 1.93 bits per heavy atom. The van der Waals surface area contributed by atoms with Gasteiger partial charge in [-0.1, -0.05) is 18.2 Å². The van der Waals surface area contributed by atoms with Gasteiger partial charge in [-0.2, -0.15) is 0 Å². The van der Waals surface area contributed by atoms with E-state index in [0.29, 0.717) is 0 Å². The summed E-state index contributed by atoms with van der Waals surface area (Å²) in [6.45, 7) is 3.94. The third-order valence-corrected chi connectivity index (χ3v) is 2.22. The van der Waals surface area contributed by atoms with Crippen LogP contribution in [0.25, 0.3) is 11.3 Å². The number of rotatable bonds is 1. The number of nitrogens with zero attached hydrogens (tertiary/aromatic N) is 1. The maximum absolute atomic E-state index is 5.88. The van der Waals surface area contributed by atoms with Crippen LogP contribution in [-0.2, 0) is 0 Å². The minimum Gasteiger partial charge on any atom is -0.398 e. The molecule has 2 aromatic rings. The van der Waals surface area contributed by atoms with Gasteiger partial charge in [-0.15, -0.1) is 0 Å². The number of para-hydroxylation sites is 1. The lowest BCUT2D eigenvalue weighted by atomic mass is 10.1. The summed E-state index contributed by atoms with van der Waals surface area (Å²) in [6, 6.07) is 7.76. The first kappa shape index (κ1) is 8.81. The second-order valence-corrected chi connectivity index (χ2v) is 3.38. The first-order valence-corrected chi connectivity index (χ1v) is 4.56. The van der Waals surface area contributed by atoms with Crippen molar-refractivity contribution >= 4 is 5.69 Å². The van der Waals surface area contributed by atoms with Gasteiger partial charge in [0.2, 0.25) is 0 Å². The van der Waals surface area contributed by atoms with Crippen LogP contribution in [0.15, 0.2) is 24.3 Å². The molecule has 0 radical (unpaired) electrons. The third kappa shape index (κ3) is 1.37. The quantitative estimate of drug-likeness (QED) is 0.673. The normalized spacial score (nSPS) is 10.4. The number of anilines is 1. The molecule has 1 heterocycles. The Kier molecular flexibility index (Phi) is 2.00. The second-order valence-electron chi connectivity index (χ2n) is 3.38. The molecule has 0 saturated carbocycles. The molecule has 0 unspecified atom stereocenters. The zero-order valence-electron chi connectivity index (χ0n) is 8.33. The number of aryl methyl sites for hydroxylation is 2. The van der Waals surface area contributed by atoms with E-state index >= 15 is 0 Å². The van der Waals surface area contributed by atoms with Crippen molar-refractivity contribution in [3.63, 3.8) is 0 Å². The average molecular weight is 187 g/mol. The van der Waals surface area contributed by atoms with Crippen LogP contribution in [0.3, 0.4) is 0 Å². The summed E-state index contributed by atoms with van der Waals surface area (Å²) in [5.74, 6) is 0.917. The lowest BCUT2D eigenvalue weighted by molar-refractivity contribution is 1.13. The molecule has 0 bridgehead atoms. The van der Waals surface area contributed by atoms with Crippen molar-refractivity contribution in [2.45, 2.75) is 13.8 Å². The molecule has 1 aromatic heterocycles. The number of hydrogen-bond acceptors (Lipinski definition) is 2. The van der Waals surface area contributed by atoms with Gasteiger partial charge >= 0.3 is 0 Å². The van der Waals surface area contributed by atoms with Gasteiger partial charge in [-0.3, -0.25) is 0 Å². The first-order valence-electron chi connectivity index (χ1n) is 4.56. The molecule has 1 aromatic carbocycles. The summed E-state index contributed by atoms with van der Waals surface area (Å²) in [4.78, 5) is 7.57. The van der Waals surface area contributed by atoms with Crippen LogP contribution < -0.4 is 5.73 Å². The van der Waals surface area contributed by atoms with E-state index < -0.39 is 0 Å². The van der Waals surface area contributed by atoms with E-state index in [1.807, 2.05) is 38.1 Å². The van der Waals surface area contributed by atoms with Crippen molar-refractivity contribution in [1.82, 2.24) is 9.97 Å². The Hall–Kier alpha value is -1.77. The van der Waals surface area contributed by atoms with Crippen molar-refractivity contribution in [2.24, 2.45) is 0 Å². The number of nitrogens with one attached hydrogen (secondary N) is 1. The van der Waals surface area contributed by atoms with Gasteiger partial charge in [0.25, 0.3) is 0 Å². The highest BCUT2D eigenvalue weighted by molar-refractivity contribution is 5.75. The summed E-state index contributed by atoms with van der Waals surface area (Å²) >= 11 is 0. The maximum atomic E-state index is 5.88. The molecule has 0 aliphatic carbocycles. The van der Waals surface area contributed by atoms with E-state index in [0.717, 1.165) is 28.5 Å². The standard InChI is InChI=1S/C11H13N3/c1-7-11(14-8(2)13-7)9-5-3-4-6-10(9)12/h3-6H,12H2,1-2H3,(H,13,14). The summed E-state index contributed by atoms with van der Waals surface area (Å²) in [6.07, 6.45) is 0. The molecule has 14 heavy (non-hydrogen) atoms. The molecule has 3 N–H and O–H groups in total. The molecule has 0 aliphatic heterocycles. The van der Waals surface area contributed by atoms with Crippen LogP contribution in [0.5, 0.6) is 0 Å². The predicted octanol–water partition coefficient (Wildman–Crippen LogP) is 2.28. The van der Waals surface area contributed by atoms with E-state index in [2.05, 4.69) is 9.97 Å². The van der Waals surface area contributed by atoms with Gasteiger partial charge in [0, 0.05) is 16.9 Å². The molecule has 3 nitrogen and oxygen atoms in total. The SMILES string of the molecule is Cc1nc(-c2ccccc2N)c(C)[nH]1. The van der Waals surface area contributed by atoms with E-state index in [1.54, 1.807) is 0 Å². The number of H-pyrrole nitrogens is 1. The van der Waals surface area contributed by atoms with Gasteiger partial charge in [-0.25, -0.2) is 4.98 Å². The molecule has 0 atom stereocenters. The summed E-state index contributed by atoms with van der Waals surface area (Å²) in [5, 5.41) is 0. The Morgan fingerprint density at radius 3 is 2.50 bits per heavy atom. The summed E-state index contributed by atoms with van der Waals surface area (Å²) < 4.78 is 0. The van der Waals surface area contributed by atoms with Crippen LogP contribution in [0.4, 0.5) is 5.69 Å². The van der Waals surface area contributed by atoms with Crippen LogP contribution in [0, 0.1) is 13.8 Å². The summed E-state index contributed by atoms with van der Waals surface area (Å²) in [5.41, 5.74) is 9.64. The zero-order chi connectivity index (χ0) is 10.1. The Bertz CT molecular complexity index is 457. The molecule has 0 amide bonds. The molecule has 0 aliphatic rings. The monoisotopic (exact) mass is 187 g/mol. The van der Waals surface area contributed by atoms with Gasteiger partial charge in [-0.05, 0) is 19.9 Å². The van der Waals surface area contributed by atoms with Crippen molar-refractivity contribution in [1.29, 1.82) is 0 Å². The largest absolute Gasteiger partial charge is 0.398 e. The van der Waals surface area contributed by atoms with Gasteiger partial charge < -0.3 is 10.7 Å². The number of imidazole rings is 1. The summed E-state index contributed by atoms with van der Waals surface area (Å²) in [7, 11) is 0. The van der Waals surface area contributed by atoms with Crippen LogP contribution >= 0.6 is 0 Å².